The number of carboxylic acids is 1. The van der Waals surface area contributed by atoms with Crippen molar-refractivity contribution in [1.29, 1.82) is 0 Å². The van der Waals surface area contributed by atoms with Gasteiger partial charge in [-0.25, -0.2) is 0 Å². The Bertz CT molecular complexity index is 356. The van der Waals surface area contributed by atoms with Crippen LogP contribution in [0.15, 0.2) is 0 Å². The molecule has 2 saturated carbocycles. The van der Waals surface area contributed by atoms with Gasteiger partial charge in [0.2, 0.25) is 5.91 Å². The fraction of sp³-hybridized carbons (Fsp3) is 0.857. The lowest BCUT2D eigenvalue weighted by Crippen LogP contribution is -2.45. The highest BCUT2D eigenvalue weighted by Crippen LogP contribution is 2.51. The second-order valence-electron chi connectivity index (χ2n) is 6.61. The fourth-order valence-corrected chi connectivity index (χ4v) is 2.99. The van der Waals surface area contributed by atoms with Gasteiger partial charge >= 0.3 is 5.97 Å². The molecule has 2 N–H and O–H groups in total. The van der Waals surface area contributed by atoms with E-state index >= 15 is 0 Å². The molecule has 1 unspecified atom stereocenters. The molecule has 1 amide bonds. The van der Waals surface area contributed by atoms with Gasteiger partial charge in [-0.3, -0.25) is 9.59 Å². The van der Waals surface area contributed by atoms with Crippen molar-refractivity contribution in [1.82, 2.24) is 5.32 Å². The molecule has 18 heavy (non-hydrogen) atoms. The lowest BCUT2D eigenvalue weighted by molar-refractivity contribution is -0.151. The van der Waals surface area contributed by atoms with E-state index < -0.39 is 11.4 Å². The van der Waals surface area contributed by atoms with Crippen LogP contribution in [-0.4, -0.2) is 23.5 Å². The lowest BCUT2D eigenvalue weighted by atomic mass is 9.74. The van der Waals surface area contributed by atoms with Crippen molar-refractivity contribution in [2.24, 2.45) is 16.7 Å². The summed E-state index contributed by atoms with van der Waals surface area (Å²) in [5.74, 6) is -0.643. The molecular weight excluding hydrogens is 230 g/mol. The van der Waals surface area contributed by atoms with Gasteiger partial charge in [0.05, 0.1) is 5.41 Å². The molecule has 0 aromatic heterocycles. The third-order valence-corrected chi connectivity index (χ3v) is 4.70. The highest BCUT2D eigenvalue weighted by molar-refractivity contribution is 5.83. The van der Waals surface area contributed by atoms with Crippen molar-refractivity contribution < 1.29 is 14.7 Å². The second kappa shape index (κ2) is 4.56. The average molecular weight is 253 g/mol. The summed E-state index contributed by atoms with van der Waals surface area (Å²) in [6.45, 7) is 4.45. The molecule has 1 atom stereocenters. The summed E-state index contributed by atoms with van der Waals surface area (Å²) < 4.78 is 0. The smallest absolute Gasteiger partial charge is 0.311 e. The van der Waals surface area contributed by atoms with Gasteiger partial charge in [0.25, 0.3) is 0 Å². The first kappa shape index (κ1) is 13.4. The number of hydrogen-bond donors (Lipinski definition) is 2. The van der Waals surface area contributed by atoms with E-state index in [2.05, 4.69) is 19.2 Å². The van der Waals surface area contributed by atoms with Gasteiger partial charge in [0, 0.05) is 12.5 Å². The molecule has 0 bridgehead atoms. The topological polar surface area (TPSA) is 66.4 Å². The quantitative estimate of drug-likeness (QED) is 0.807. The zero-order valence-electron chi connectivity index (χ0n) is 11.3. The summed E-state index contributed by atoms with van der Waals surface area (Å²) in [4.78, 5) is 23.4. The molecule has 0 radical (unpaired) electrons. The molecule has 2 fully saturated rings. The zero-order chi connectivity index (χ0) is 13.4. The Morgan fingerprint density at radius 2 is 1.78 bits per heavy atom. The summed E-state index contributed by atoms with van der Waals surface area (Å²) in [5, 5.41) is 12.3. The third-order valence-electron chi connectivity index (χ3n) is 4.70. The largest absolute Gasteiger partial charge is 0.481 e. The molecule has 4 nitrogen and oxygen atoms in total. The Labute approximate surface area is 108 Å². The molecule has 0 heterocycles. The summed E-state index contributed by atoms with van der Waals surface area (Å²) >= 11 is 0. The molecule has 2 rings (SSSR count). The van der Waals surface area contributed by atoms with Gasteiger partial charge in [0.15, 0.2) is 0 Å². The van der Waals surface area contributed by atoms with Crippen LogP contribution in [0.2, 0.25) is 0 Å². The fourth-order valence-electron chi connectivity index (χ4n) is 2.99. The van der Waals surface area contributed by atoms with Gasteiger partial charge in [-0.2, -0.15) is 0 Å². The minimum Gasteiger partial charge on any atom is -0.481 e. The van der Waals surface area contributed by atoms with Gasteiger partial charge in [-0.1, -0.05) is 33.1 Å². The number of amides is 1. The molecule has 4 heteroatoms. The van der Waals surface area contributed by atoms with E-state index in [1.807, 2.05) is 0 Å². The van der Waals surface area contributed by atoms with E-state index in [0.717, 1.165) is 25.7 Å². The highest BCUT2D eigenvalue weighted by Gasteiger charge is 2.51. The number of nitrogens with one attached hydrogen (secondary N) is 1. The Balaban J connectivity index is 1.90. The van der Waals surface area contributed by atoms with E-state index in [9.17, 15) is 14.7 Å². The van der Waals surface area contributed by atoms with E-state index in [4.69, 9.17) is 0 Å². The van der Waals surface area contributed by atoms with Gasteiger partial charge in [-0.05, 0) is 24.7 Å². The summed E-state index contributed by atoms with van der Waals surface area (Å²) in [7, 11) is 0. The number of aliphatic carboxylic acids is 1. The maximum atomic E-state index is 11.9. The molecule has 102 valence electrons. The van der Waals surface area contributed by atoms with Crippen molar-refractivity contribution in [2.45, 2.75) is 52.4 Å². The van der Waals surface area contributed by atoms with Gasteiger partial charge < -0.3 is 10.4 Å². The van der Waals surface area contributed by atoms with Crippen LogP contribution in [0.1, 0.15) is 52.4 Å². The molecule has 2 aliphatic rings. The van der Waals surface area contributed by atoms with Crippen LogP contribution in [0.25, 0.3) is 0 Å². The summed E-state index contributed by atoms with van der Waals surface area (Å²) in [6, 6.07) is 0. The minimum absolute atomic E-state index is 0.0335. The van der Waals surface area contributed by atoms with Crippen LogP contribution < -0.4 is 5.32 Å². The predicted octanol–water partition coefficient (Wildman–Crippen LogP) is 2.18. The Morgan fingerprint density at radius 1 is 1.22 bits per heavy atom. The summed E-state index contributed by atoms with van der Waals surface area (Å²) in [6.07, 6.45) is 5.32. The summed E-state index contributed by atoms with van der Waals surface area (Å²) in [5.41, 5.74) is -0.611. The number of carbonyl (C=O) groups is 2. The predicted molar refractivity (Wildman–Crippen MR) is 68.1 cm³/mol. The zero-order valence-corrected chi connectivity index (χ0v) is 11.3. The number of hydrogen-bond acceptors (Lipinski definition) is 2. The molecule has 0 spiro atoms. The molecule has 0 saturated heterocycles. The highest BCUT2D eigenvalue weighted by atomic mass is 16.4. The number of rotatable bonds is 4. The average Bonchev–Trinajstić information content (AvgIpc) is 2.96. The van der Waals surface area contributed by atoms with E-state index in [1.54, 1.807) is 0 Å². The molecule has 0 aromatic rings. The molecule has 0 aromatic carbocycles. The van der Waals surface area contributed by atoms with E-state index in [-0.39, 0.29) is 17.2 Å². The van der Waals surface area contributed by atoms with Crippen molar-refractivity contribution in [3.8, 4) is 0 Å². The maximum Gasteiger partial charge on any atom is 0.311 e. The van der Waals surface area contributed by atoms with Gasteiger partial charge in [0.1, 0.15) is 0 Å². The standard InChI is InChI=1S/C14H23NO3/c1-13(2)8-10(13)11(16)15-9-14(12(17)18)6-4-3-5-7-14/h10H,3-9H2,1-2H3,(H,15,16)(H,17,18). The maximum absolute atomic E-state index is 11.9. The Kier molecular flexibility index (Phi) is 3.39. The Hall–Kier alpha value is -1.06. The van der Waals surface area contributed by atoms with Crippen molar-refractivity contribution in [2.75, 3.05) is 6.54 Å². The van der Waals surface area contributed by atoms with Crippen LogP contribution in [-0.2, 0) is 9.59 Å². The van der Waals surface area contributed by atoms with Crippen molar-refractivity contribution >= 4 is 11.9 Å². The van der Waals surface area contributed by atoms with Crippen LogP contribution in [0, 0.1) is 16.7 Å². The first-order valence-electron chi connectivity index (χ1n) is 6.89. The van der Waals surface area contributed by atoms with Gasteiger partial charge in [-0.15, -0.1) is 0 Å². The first-order valence-corrected chi connectivity index (χ1v) is 6.89. The normalized spacial score (nSPS) is 28.4. The molecule has 0 aliphatic heterocycles. The van der Waals surface area contributed by atoms with Crippen molar-refractivity contribution in [3.05, 3.63) is 0 Å². The third kappa shape index (κ3) is 2.52. The number of carboxylic acid groups (broad SMARTS) is 1. The van der Waals surface area contributed by atoms with Crippen LogP contribution in [0.3, 0.4) is 0 Å². The van der Waals surface area contributed by atoms with Crippen LogP contribution >= 0.6 is 0 Å². The molecular formula is C14H23NO3. The monoisotopic (exact) mass is 253 g/mol. The Morgan fingerprint density at radius 3 is 2.22 bits per heavy atom. The lowest BCUT2D eigenvalue weighted by Gasteiger charge is -2.33. The van der Waals surface area contributed by atoms with Crippen molar-refractivity contribution in [3.63, 3.8) is 0 Å². The van der Waals surface area contributed by atoms with Crippen LogP contribution in [0.5, 0.6) is 0 Å². The van der Waals surface area contributed by atoms with E-state index in [1.165, 1.54) is 0 Å². The SMILES string of the molecule is CC1(C)CC1C(=O)NCC1(C(=O)O)CCCCC1. The minimum atomic E-state index is -0.752. The number of carbonyl (C=O) groups excluding carboxylic acids is 1. The first-order chi connectivity index (χ1) is 8.37. The molecule has 2 aliphatic carbocycles. The second-order valence-corrected chi connectivity index (χ2v) is 6.61. The van der Waals surface area contributed by atoms with E-state index in [0.29, 0.717) is 19.4 Å². The van der Waals surface area contributed by atoms with Crippen LogP contribution in [0.4, 0.5) is 0 Å².